The third-order valence-corrected chi connectivity index (χ3v) is 10.0. The summed E-state index contributed by atoms with van der Waals surface area (Å²) in [5.74, 6) is 0. The Labute approximate surface area is 217 Å². The molecule has 0 amide bonds. The van der Waals surface area contributed by atoms with Crippen LogP contribution in [0.3, 0.4) is 0 Å². The van der Waals surface area contributed by atoms with E-state index in [9.17, 15) is 0 Å². The van der Waals surface area contributed by atoms with Gasteiger partial charge < -0.3 is 0 Å². The molecule has 0 aromatic heterocycles. The largest absolute Gasteiger partial charge is 0.0887 e. The summed E-state index contributed by atoms with van der Waals surface area (Å²) in [4.78, 5) is 5.43. The van der Waals surface area contributed by atoms with Crippen molar-refractivity contribution in [3.63, 3.8) is 0 Å². The summed E-state index contributed by atoms with van der Waals surface area (Å²) in [5, 5.41) is 10.7. The zero-order valence-corrected chi connectivity index (χ0v) is 20.8. The van der Waals surface area contributed by atoms with Gasteiger partial charge in [0.15, 0.2) is 0 Å². The molecule has 0 aliphatic carbocycles. The average Bonchev–Trinajstić information content (AvgIpc) is 2.93. The van der Waals surface area contributed by atoms with Gasteiger partial charge in [0.1, 0.15) is 0 Å². The predicted molar refractivity (Wildman–Crippen MR) is 156 cm³/mol. The molecular weight excluding hydrogens is 473 g/mol. The number of hydrogen-bond donors (Lipinski definition) is 0. The molecule has 2 heteroatoms. The van der Waals surface area contributed by atoms with Crippen molar-refractivity contribution in [3.8, 4) is 22.3 Å². The highest BCUT2D eigenvalue weighted by Gasteiger charge is 2.30. The third-order valence-electron chi connectivity index (χ3n) is 7.77. The lowest BCUT2D eigenvalue weighted by Gasteiger charge is -2.29. The Balaban J connectivity index is 1.50. The van der Waals surface area contributed by atoms with E-state index in [0.29, 0.717) is 0 Å². The van der Waals surface area contributed by atoms with Gasteiger partial charge in [0.25, 0.3) is 0 Å². The van der Waals surface area contributed by atoms with Crippen LogP contribution in [0.15, 0.2) is 129 Å². The second-order valence-corrected chi connectivity index (χ2v) is 11.9. The van der Waals surface area contributed by atoms with Crippen molar-refractivity contribution in [1.29, 1.82) is 0 Å². The topological polar surface area (TPSA) is 0 Å². The first-order valence-corrected chi connectivity index (χ1v) is 13.9. The van der Waals surface area contributed by atoms with E-state index in [2.05, 4.69) is 109 Å². The maximum atomic E-state index is 2.41. The Morgan fingerprint density at radius 1 is 0.361 bits per heavy atom. The van der Waals surface area contributed by atoms with Gasteiger partial charge in [0.05, 0.1) is 0 Å². The molecule has 2 heterocycles. The van der Waals surface area contributed by atoms with Gasteiger partial charge in [-0.15, -0.1) is 0 Å². The molecule has 0 saturated carbocycles. The van der Waals surface area contributed by atoms with Crippen LogP contribution in [0, 0.1) is 0 Å². The van der Waals surface area contributed by atoms with E-state index in [4.69, 9.17) is 0 Å². The van der Waals surface area contributed by atoms with Crippen molar-refractivity contribution < 1.29 is 0 Å². The molecule has 0 nitrogen and oxygen atoms in total. The lowest BCUT2D eigenvalue weighted by Crippen LogP contribution is -2.01. The maximum absolute atomic E-state index is 2.41. The number of hydrogen-bond acceptors (Lipinski definition) is 2. The van der Waals surface area contributed by atoms with E-state index < -0.39 is 0 Å². The highest BCUT2D eigenvalue weighted by molar-refractivity contribution is 8.00. The summed E-state index contributed by atoms with van der Waals surface area (Å²) in [7, 11) is 0. The van der Waals surface area contributed by atoms with Crippen molar-refractivity contribution >= 4 is 66.6 Å². The first-order chi connectivity index (χ1) is 17.8. The quantitative estimate of drug-likeness (QED) is 0.194. The molecule has 0 spiro atoms. The molecule has 36 heavy (non-hydrogen) atoms. The normalized spacial score (nSPS) is 13.3. The molecule has 0 radical (unpaired) electrons. The van der Waals surface area contributed by atoms with Gasteiger partial charge in [0.2, 0.25) is 0 Å². The van der Waals surface area contributed by atoms with Crippen LogP contribution in [-0.2, 0) is 0 Å². The van der Waals surface area contributed by atoms with Crippen LogP contribution in [-0.4, -0.2) is 0 Å². The third kappa shape index (κ3) is 2.48. The molecule has 0 saturated heterocycles. The average molecular weight is 491 g/mol. The number of benzene rings is 7. The summed E-state index contributed by atoms with van der Waals surface area (Å²) in [6.45, 7) is 0. The molecule has 0 bridgehead atoms. The van der Waals surface area contributed by atoms with Gasteiger partial charge in [-0.05, 0) is 91.0 Å². The molecule has 0 N–H and O–H groups in total. The van der Waals surface area contributed by atoms with E-state index >= 15 is 0 Å². The zero-order valence-electron chi connectivity index (χ0n) is 19.2. The maximum Gasteiger partial charge on any atom is 0.0208 e. The lowest BCUT2D eigenvalue weighted by atomic mass is 9.84. The van der Waals surface area contributed by atoms with Gasteiger partial charge in [-0.2, -0.15) is 0 Å². The van der Waals surface area contributed by atoms with Gasteiger partial charge >= 0.3 is 0 Å². The summed E-state index contributed by atoms with van der Waals surface area (Å²) in [5.41, 5.74) is 5.51. The molecule has 2 aliphatic heterocycles. The second kappa shape index (κ2) is 6.94. The van der Waals surface area contributed by atoms with Crippen LogP contribution in [0.25, 0.3) is 65.3 Å². The Morgan fingerprint density at radius 3 is 1.19 bits per heavy atom. The van der Waals surface area contributed by atoms with Crippen LogP contribution in [0.2, 0.25) is 0 Å². The molecule has 0 fully saturated rings. The van der Waals surface area contributed by atoms with Crippen LogP contribution < -0.4 is 0 Å². The van der Waals surface area contributed by atoms with Crippen molar-refractivity contribution in [2.75, 3.05) is 0 Å². The van der Waals surface area contributed by atoms with Gasteiger partial charge in [-0.3, -0.25) is 0 Å². The Kier molecular flexibility index (Phi) is 3.75. The summed E-state index contributed by atoms with van der Waals surface area (Å²) in [6.07, 6.45) is 0. The highest BCUT2D eigenvalue weighted by atomic mass is 32.2. The standard InChI is InChI=1S/C34H18S2/c1-3-9-21-17-29-25(15-19(21)7-1)31-23-11-5-6-12-24(23)32-26-16-20-8-2-4-10-22(20)18-30(26)36-28-14-13-27(35-29)33(31)34(28)32/h1-18H. The molecule has 7 aromatic carbocycles. The zero-order chi connectivity index (χ0) is 23.4. The van der Waals surface area contributed by atoms with Crippen LogP contribution in [0.4, 0.5) is 0 Å². The Morgan fingerprint density at radius 2 is 0.750 bits per heavy atom. The monoisotopic (exact) mass is 490 g/mol. The minimum absolute atomic E-state index is 1.30. The van der Waals surface area contributed by atoms with Crippen molar-refractivity contribution in [2.24, 2.45) is 0 Å². The molecule has 0 unspecified atom stereocenters. The second-order valence-electron chi connectivity index (χ2n) is 9.70. The number of fused-ring (bicyclic) bond motifs is 9. The predicted octanol–water partition coefficient (Wildman–Crippen LogP) is 10.6. The van der Waals surface area contributed by atoms with Gasteiger partial charge in [-0.25, -0.2) is 0 Å². The van der Waals surface area contributed by atoms with Crippen LogP contribution >= 0.6 is 23.5 Å². The molecule has 9 rings (SSSR count). The smallest absolute Gasteiger partial charge is 0.0208 e. The van der Waals surface area contributed by atoms with Crippen molar-refractivity contribution in [2.45, 2.75) is 19.6 Å². The van der Waals surface area contributed by atoms with Gasteiger partial charge in [0, 0.05) is 30.4 Å². The Hall–Kier alpha value is -3.72. The van der Waals surface area contributed by atoms with Crippen LogP contribution in [0.1, 0.15) is 0 Å². The van der Waals surface area contributed by atoms with E-state index in [1.165, 1.54) is 84.9 Å². The molecule has 2 aliphatic rings. The molecule has 166 valence electrons. The van der Waals surface area contributed by atoms with Crippen LogP contribution in [0.5, 0.6) is 0 Å². The van der Waals surface area contributed by atoms with E-state index in [-0.39, 0.29) is 0 Å². The SMILES string of the molecule is c1ccc2cc3c(cc2c1)Sc1ccc2c4c(c5ccccc5c-3c14)-c1cc3ccccc3cc1S2. The minimum atomic E-state index is 1.30. The summed E-state index contributed by atoms with van der Waals surface area (Å²) < 4.78 is 0. The van der Waals surface area contributed by atoms with E-state index in [1.807, 2.05) is 23.5 Å². The lowest BCUT2D eigenvalue weighted by molar-refractivity contribution is 1.37. The molecule has 0 atom stereocenters. The fraction of sp³-hybridized carbons (Fsp3) is 0. The fourth-order valence-corrected chi connectivity index (χ4v) is 8.49. The summed E-state index contributed by atoms with van der Waals surface area (Å²) >= 11 is 3.85. The summed E-state index contributed by atoms with van der Waals surface area (Å²) in [6, 6.07) is 40.8. The molecule has 7 aromatic rings. The Bertz CT molecular complexity index is 1950. The molecular formula is C34H18S2. The van der Waals surface area contributed by atoms with E-state index in [0.717, 1.165) is 0 Å². The first kappa shape index (κ1) is 19.5. The van der Waals surface area contributed by atoms with Crippen molar-refractivity contribution in [3.05, 3.63) is 109 Å². The van der Waals surface area contributed by atoms with E-state index in [1.54, 1.807) is 0 Å². The highest BCUT2D eigenvalue weighted by Crippen LogP contribution is 2.59. The van der Waals surface area contributed by atoms with Gasteiger partial charge in [-0.1, -0.05) is 96.3 Å². The minimum Gasteiger partial charge on any atom is -0.0887 e. The number of rotatable bonds is 0. The van der Waals surface area contributed by atoms with Crippen molar-refractivity contribution in [1.82, 2.24) is 0 Å². The first-order valence-electron chi connectivity index (χ1n) is 12.3. The fourth-order valence-electron chi connectivity index (χ4n) is 6.21.